The second-order valence-corrected chi connectivity index (χ2v) is 7.01. The molecule has 6 heteroatoms. The van der Waals surface area contributed by atoms with Crippen LogP contribution < -0.4 is 4.74 Å². The summed E-state index contributed by atoms with van der Waals surface area (Å²) < 4.78 is 22.5. The molecule has 1 aromatic carbocycles. The van der Waals surface area contributed by atoms with Crippen molar-refractivity contribution in [3.63, 3.8) is 0 Å². The minimum atomic E-state index is -0.149. The highest BCUT2D eigenvalue weighted by Crippen LogP contribution is 2.34. The van der Waals surface area contributed by atoms with Crippen LogP contribution in [0.3, 0.4) is 0 Å². The highest BCUT2D eigenvalue weighted by molar-refractivity contribution is 5.80. The summed E-state index contributed by atoms with van der Waals surface area (Å²) in [6.07, 6.45) is 5.40. The van der Waals surface area contributed by atoms with Crippen LogP contribution in [0.25, 0.3) is 16.8 Å². The minimum Gasteiger partial charge on any atom is -0.491 e. The molecular formula is C22H19FN4O. The molecule has 0 unspecified atom stereocenters. The first-order chi connectivity index (χ1) is 13.7. The van der Waals surface area contributed by atoms with Gasteiger partial charge in [-0.05, 0) is 49.1 Å². The number of nitrogens with zero attached hydrogens (tertiary/aromatic N) is 4. The van der Waals surface area contributed by atoms with Crippen LogP contribution in [0.1, 0.15) is 22.5 Å². The quantitative estimate of drug-likeness (QED) is 0.506. The van der Waals surface area contributed by atoms with E-state index in [0.29, 0.717) is 25.9 Å². The predicted octanol–water partition coefficient (Wildman–Crippen LogP) is 3.96. The van der Waals surface area contributed by atoms with Crippen molar-refractivity contribution >= 4 is 5.65 Å². The number of fused-ring (bicyclic) bond motifs is 4. The molecule has 0 spiro atoms. The lowest BCUT2D eigenvalue weighted by Gasteiger charge is -2.15. The molecule has 0 N–H and O–H groups in total. The van der Waals surface area contributed by atoms with Gasteiger partial charge in [0.1, 0.15) is 17.9 Å². The molecule has 1 aliphatic rings. The van der Waals surface area contributed by atoms with E-state index >= 15 is 0 Å². The van der Waals surface area contributed by atoms with E-state index in [9.17, 15) is 4.39 Å². The molecule has 28 heavy (non-hydrogen) atoms. The maximum Gasteiger partial charge on any atom is 0.169 e. The minimum absolute atomic E-state index is 0.149. The fraction of sp³-hybridized carbons (Fsp3) is 0.227. The van der Waals surface area contributed by atoms with E-state index in [1.807, 2.05) is 35.6 Å². The van der Waals surface area contributed by atoms with Gasteiger partial charge in [0.2, 0.25) is 0 Å². The van der Waals surface area contributed by atoms with Crippen LogP contribution in [-0.4, -0.2) is 26.2 Å². The molecule has 3 aromatic heterocycles. The molecular weight excluding hydrogens is 355 g/mol. The lowest BCUT2D eigenvalue weighted by atomic mass is 9.98. The molecule has 5 nitrogen and oxygen atoms in total. The summed E-state index contributed by atoms with van der Waals surface area (Å²) in [5, 5.41) is 8.47. The Morgan fingerprint density at radius 3 is 2.89 bits per heavy atom. The van der Waals surface area contributed by atoms with Crippen molar-refractivity contribution in [2.75, 3.05) is 6.61 Å². The number of rotatable bonds is 1. The van der Waals surface area contributed by atoms with E-state index in [2.05, 4.69) is 15.2 Å². The van der Waals surface area contributed by atoms with Crippen molar-refractivity contribution in [3.05, 3.63) is 77.3 Å². The number of halogens is 1. The first-order valence-corrected chi connectivity index (χ1v) is 9.39. The molecule has 1 aliphatic heterocycles. The number of hydrogen-bond donors (Lipinski definition) is 0. The number of benzene rings is 1. The Labute approximate surface area is 161 Å². The first-order valence-electron chi connectivity index (χ1n) is 9.39. The van der Waals surface area contributed by atoms with Crippen molar-refractivity contribution in [1.82, 2.24) is 19.6 Å². The van der Waals surface area contributed by atoms with Gasteiger partial charge in [-0.2, -0.15) is 0 Å². The third-order valence-electron chi connectivity index (χ3n) is 5.39. The van der Waals surface area contributed by atoms with E-state index in [-0.39, 0.29) is 5.82 Å². The summed E-state index contributed by atoms with van der Waals surface area (Å²) in [7, 11) is 0. The van der Waals surface area contributed by atoms with Crippen LogP contribution in [-0.2, 0) is 19.3 Å². The van der Waals surface area contributed by atoms with E-state index in [1.165, 1.54) is 6.07 Å². The van der Waals surface area contributed by atoms with Gasteiger partial charge in [-0.1, -0.05) is 18.2 Å². The number of aromatic nitrogens is 4. The van der Waals surface area contributed by atoms with Crippen LogP contribution in [0.15, 0.2) is 48.9 Å². The summed E-state index contributed by atoms with van der Waals surface area (Å²) in [5.41, 5.74) is 6.35. The maximum atomic E-state index is 14.4. The molecule has 0 saturated heterocycles. The first kappa shape index (κ1) is 16.9. The van der Waals surface area contributed by atoms with Gasteiger partial charge in [0.05, 0.1) is 12.3 Å². The monoisotopic (exact) mass is 374 g/mol. The fourth-order valence-corrected chi connectivity index (χ4v) is 3.98. The van der Waals surface area contributed by atoms with Gasteiger partial charge in [-0.15, -0.1) is 10.2 Å². The number of hydrogen-bond acceptors (Lipinski definition) is 4. The summed E-state index contributed by atoms with van der Waals surface area (Å²) >= 11 is 0. The molecule has 140 valence electrons. The Morgan fingerprint density at radius 1 is 1.07 bits per heavy atom. The number of aryl methyl sites for hydroxylation is 2. The fourth-order valence-electron chi connectivity index (χ4n) is 3.98. The smallest absolute Gasteiger partial charge is 0.169 e. The second-order valence-electron chi connectivity index (χ2n) is 7.01. The predicted molar refractivity (Wildman–Crippen MR) is 104 cm³/mol. The Balaban J connectivity index is 1.67. The molecule has 0 radical (unpaired) electrons. The Kier molecular flexibility index (Phi) is 4.04. The molecule has 0 aliphatic carbocycles. The van der Waals surface area contributed by atoms with Gasteiger partial charge in [0.25, 0.3) is 0 Å². The van der Waals surface area contributed by atoms with E-state index < -0.39 is 0 Å². The highest BCUT2D eigenvalue weighted by Gasteiger charge is 2.20. The Morgan fingerprint density at radius 2 is 2.00 bits per heavy atom. The van der Waals surface area contributed by atoms with Gasteiger partial charge in [-0.25, -0.2) is 4.39 Å². The van der Waals surface area contributed by atoms with Crippen LogP contribution in [0.2, 0.25) is 0 Å². The highest BCUT2D eigenvalue weighted by atomic mass is 19.1. The van der Waals surface area contributed by atoms with Crippen LogP contribution in [0, 0.1) is 12.7 Å². The van der Waals surface area contributed by atoms with Gasteiger partial charge in [-0.3, -0.25) is 9.38 Å². The van der Waals surface area contributed by atoms with Crippen LogP contribution in [0.5, 0.6) is 5.75 Å². The molecule has 0 saturated carbocycles. The number of pyridine rings is 2. The van der Waals surface area contributed by atoms with E-state index in [4.69, 9.17) is 4.74 Å². The topological polar surface area (TPSA) is 52.3 Å². The van der Waals surface area contributed by atoms with Crippen molar-refractivity contribution < 1.29 is 9.13 Å². The van der Waals surface area contributed by atoms with E-state index in [0.717, 1.165) is 45.0 Å². The lowest BCUT2D eigenvalue weighted by molar-refractivity contribution is 0.317. The zero-order valence-corrected chi connectivity index (χ0v) is 15.5. The summed E-state index contributed by atoms with van der Waals surface area (Å²) in [5.74, 6) is 0.641. The molecule has 4 aromatic rings. The summed E-state index contributed by atoms with van der Waals surface area (Å²) in [6.45, 7) is 2.47. The van der Waals surface area contributed by atoms with Gasteiger partial charge in [0, 0.05) is 29.4 Å². The standard InChI is InChI=1S/C22H19FN4O/c1-14-16(5-3-10-24-14)18-12-21-20(27-13-25-26-22(18)27)8-7-17-15(9-11-28-21)4-2-6-19(17)23/h2-6,10,12-13H,7-9,11H2,1H3. The average molecular weight is 374 g/mol. The molecule has 4 heterocycles. The van der Waals surface area contributed by atoms with Gasteiger partial charge < -0.3 is 4.74 Å². The Bertz CT molecular complexity index is 1180. The van der Waals surface area contributed by atoms with Crippen molar-refractivity contribution in [2.24, 2.45) is 0 Å². The molecule has 0 bridgehead atoms. The number of ether oxygens (including phenoxy) is 1. The molecule has 0 amide bonds. The largest absolute Gasteiger partial charge is 0.491 e. The molecule has 5 rings (SSSR count). The summed E-state index contributed by atoms with van der Waals surface area (Å²) in [6, 6.07) is 11.2. The SMILES string of the molecule is Cc1ncccc1-c1cc2c(n3cnnc13)CCc1c(F)cccc1CCO2. The normalized spacial score (nSPS) is 13.8. The lowest BCUT2D eigenvalue weighted by Crippen LogP contribution is -2.06. The molecule has 0 atom stereocenters. The van der Waals surface area contributed by atoms with Crippen molar-refractivity contribution in [2.45, 2.75) is 26.2 Å². The zero-order valence-electron chi connectivity index (χ0n) is 15.5. The van der Waals surface area contributed by atoms with Crippen LogP contribution >= 0.6 is 0 Å². The average Bonchev–Trinajstić information content (AvgIpc) is 3.20. The van der Waals surface area contributed by atoms with Gasteiger partial charge >= 0.3 is 0 Å². The van der Waals surface area contributed by atoms with Crippen molar-refractivity contribution in [1.29, 1.82) is 0 Å². The third kappa shape index (κ3) is 2.72. The maximum absolute atomic E-state index is 14.4. The third-order valence-corrected chi connectivity index (χ3v) is 5.39. The Hall–Kier alpha value is -3.28. The second kappa shape index (κ2) is 6.71. The summed E-state index contributed by atoms with van der Waals surface area (Å²) in [4.78, 5) is 4.40. The zero-order chi connectivity index (χ0) is 19.1. The van der Waals surface area contributed by atoms with Crippen LogP contribution in [0.4, 0.5) is 4.39 Å². The van der Waals surface area contributed by atoms with Crippen molar-refractivity contribution in [3.8, 4) is 16.9 Å². The molecule has 0 fully saturated rings. The van der Waals surface area contributed by atoms with Gasteiger partial charge in [0.15, 0.2) is 5.65 Å². The van der Waals surface area contributed by atoms with E-state index in [1.54, 1.807) is 18.6 Å².